The molecule has 0 radical (unpaired) electrons. The highest BCUT2D eigenvalue weighted by atomic mass is 16.2. The van der Waals surface area contributed by atoms with E-state index >= 15 is 0 Å². The van der Waals surface area contributed by atoms with Crippen molar-refractivity contribution in [3.05, 3.63) is 35.5 Å². The van der Waals surface area contributed by atoms with Gasteiger partial charge in [-0.3, -0.25) is 4.57 Å². The highest BCUT2D eigenvalue weighted by Crippen LogP contribution is 2.25. The number of benzene rings is 1. The SMILES string of the molecule is Cc1cccc2c1c(CC#N)cn2C(=O)N(C)C. The summed E-state index contributed by atoms with van der Waals surface area (Å²) in [5.41, 5.74) is 2.85. The Labute approximate surface area is 106 Å². The minimum atomic E-state index is -0.102. The zero-order chi connectivity index (χ0) is 13.3. The second kappa shape index (κ2) is 4.53. The van der Waals surface area contributed by atoms with E-state index < -0.39 is 0 Å². The van der Waals surface area contributed by atoms with Crippen LogP contribution in [0.15, 0.2) is 24.4 Å². The number of carbonyl (C=O) groups excluding carboxylic acids is 1. The van der Waals surface area contributed by atoms with Crippen molar-refractivity contribution >= 4 is 16.9 Å². The summed E-state index contributed by atoms with van der Waals surface area (Å²) in [5.74, 6) is 0. The number of aryl methyl sites for hydroxylation is 1. The first kappa shape index (κ1) is 12.2. The molecule has 1 aromatic carbocycles. The lowest BCUT2D eigenvalue weighted by Gasteiger charge is -2.11. The van der Waals surface area contributed by atoms with Gasteiger partial charge in [0.1, 0.15) is 0 Å². The molecule has 2 rings (SSSR count). The molecule has 18 heavy (non-hydrogen) atoms. The maximum atomic E-state index is 12.1. The van der Waals surface area contributed by atoms with Gasteiger partial charge in [0, 0.05) is 25.7 Å². The van der Waals surface area contributed by atoms with Crippen molar-refractivity contribution in [2.75, 3.05) is 14.1 Å². The summed E-state index contributed by atoms with van der Waals surface area (Å²) < 4.78 is 1.61. The van der Waals surface area contributed by atoms with Gasteiger partial charge in [0.25, 0.3) is 0 Å². The molecule has 92 valence electrons. The molecule has 4 nitrogen and oxygen atoms in total. The monoisotopic (exact) mass is 241 g/mol. The van der Waals surface area contributed by atoms with Crippen molar-refractivity contribution in [3.8, 4) is 6.07 Å². The predicted molar refractivity (Wildman–Crippen MR) is 70.5 cm³/mol. The summed E-state index contributed by atoms with van der Waals surface area (Å²) in [6.07, 6.45) is 2.08. The Morgan fingerprint density at radius 2 is 2.17 bits per heavy atom. The fourth-order valence-corrected chi connectivity index (χ4v) is 2.15. The maximum absolute atomic E-state index is 12.1. The van der Waals surface area contributed by atoms with Crippen LogP contribution in [0.3, 0.4) is 0 Å². The molecule has 0 fully saturated rings. The van der Waals surface area contributed by atoms with Gasteiger partial charge < -0.3 is 4.90 Å². The van der Waals surface area contributed by atoms with Gasteiger partial charge in [-0.1, -0.05) is 12.1 Å². The number of fused-ring (bicyclic) bond motifs is 1. The number of nitriles is 1. The van der Waals surface area contributed by atoms with Crippen molar-refractivity contribution in [1.82, 2.24) is 9.47 Å². The van der Waals surface area contributed by atoms with Crippen molar-refractivity contribution in [1.29, 1.82) is 5.26 Å². The van der Waals surface area contributed by atoms with Crippen LogP contribution in [0.5, 0.6) is 0 Å². The fraction of sp³-hybridized carbons (Fsp3) is 0.286. The van der Waals surface area contributed by atoms with Crippen LogP contribution < -0.4 is 0 Å². The summed E-state index contributed by atoms with van der Waals surface area (Å²) >= 11 is 0. The molecule has 0 saturated heterocycles. The zero-order valence-corrected chi connectivity index (χ0v) is 10.8. The average Bonchev–Trinajstić information content (AvgIpc) is 2.69. The zero-order valence-electron chi connectivity index (χ0n) is 10.8. The summed E-state index contributed by atoms with van der Waals surface area (Å²) in [6.45, 7) is 1.99. The van der Waals surface area contributed by atoms with Gasteiger partial charge >= 0.3 is 6.03 Å². The Balaban J connectivity index is 2.73. The fourth-order valence-electron chi connectivity index (χ4n) is 2.15. The van der Waals surface area contributed by atoms with Crippen LogP contribution >= 0.6 is 0 Å². The molecule has 1 heterocycles. The standard InChI is InChI=1S/C14H15N3O/c1-10-5-4-6-12-13(10)11(7-8-15)9-17(12)14(18)16(2)3/h4-6,9H,7H2,1-3H3. The molecule has 1 aromatic heterocycles. The van der Waals surface area contributed by atoms with Gasteiger partial charge in [-0.2, -0.15) is 5.26 Å². The van der Waals surface area contributed by atoms with Crippen LogP contribution in [-0.2, 0) is 6.42 Å². The molecule has 0 N–H and O–H groups in total. The number of hydrogen-bond donors (Lipinski definition) is 0. The Kier molecular flexibility index (Phi) is 3.07. The Morgan fingerprint density at radius 3 is 2.78 bits per heavy atom. The molecule has 0 bridgehead atoms. The van der Waals surface area contributed by atoms with Crippen LogP contribution in [0, 0.1) is 18.3 Å². The normalized spacial score (nSPS) is 10.3. The quantitative estimate of drug-likeness (QED) is 0.770. The van der Waals surface area contributed by atoms with Gasteiger partial charge in [-0.15, -0.1) is 0 Å². The molecule has 1 amide bonds. The Morgan fingerprint density at radius 1 is 1.44 bits per heavy atom. The van der Waals surface area contributed by atoms with Gasteiger partial charge in [-0.05, 0) is 24.1 Å². The smallest absolute Gasteiger partial charge is 0.328 e. The summed E-state index contributed by atoms with van der Waals surface area (Å²) in [6, 6.07) is 7.87. The Hall–Kier alpha value is -2.28. The van der Waals surface area contributed by atoms with E-state index in [-0.39, 0.29) is 6.03 Å². The van der Waals surface area contributed by atoms with Crippen molar-refractivity contribution in [3.63, 3.8) is 0 Å². The van der Waals surface area contributed by atoms with Gasteiger partial charge in [0.2, 0.25) is 0 Å². The molecule has 0 aliphatic heterocycles. The third-order valence-corrected chi connectivity index (χ3v) is 2.97. The minimum Gasteiger partial charge on any atom is -0.330 e. The first-order valence-electron chi connectivity index (χ1n) is 5.74. The van der Waals surface area contributed by atoms with Crippen molar-refractivity contribution in [2.24, 2.45) is 0 Å². The highest BCUT2D eigenvalue weighted by Gasteiger charge is 2.15. The molecule has 0 spiro atoms. The van der Waals surface area contributed by atoms with Gasteiger partial charge in [0.15, 0.2) is 0 Å². The largest absolute Gasteiger partial charge is 0.330 e. The minimum absolute atomic E-state index is 0.102. The lowest BCUT2D eigenvalue weighted by molar-refractivity contribution is 0.220. The van der Waals surface area contributed by atoms with E-state index in [1.807, 2.05) is 25.1 Å². The van der Waals surface area contributed by atoms with Crippen LogP contribution in [0.25, 0.3) is 10.9 Å². The molecule has 0 aliphatic rings. The first-order valence-corrected chi connectivity index (χ1v) is 5.74. The molecule has 0 aliphatic carbocycles. The van der Waals surface area contributed by atoms with Crippen LogP contribution in [0.4, 0.5) is 4.79 Å². The maximum Gasteiger partial charge on any atom is 0.328 e. The molecular weight excluding hydrogens is 226 g/mol. The lowest BCUT2D eigenvalue weighted by atomic mass is 10.1. The van der Waals surface area contributed by atoms with E-state index in [1.54, 1.807) is 24.9 Å². The number of aromatic nitrogens is 1. The summed E-state index contributed by atoms with van der Waals surface area (Å²) in [5, 5.41) is 9.88. The second-order valence-corrected chi connectivity index (χ2v) is 4.51. The number of rotatable bonds is 1. The van der Waals surface area contributed by atoms with Crippen LogP contribution in [0.2, 0.25) is 0 Å². The van der Waals surface area contributed by atoms with Crippen molar-refractivity contribution in [2.45, 2.75) is 13.3 Å². The van der Waals surface area contributed by atoms with Crippen molar-refractivity contribution < 1.29 is 4.79 Å². The second-order valence-electron chi connectivity index (χ2n) is 4.51. The Bertz CT molecular complexity index is 647. The van der Waals surface area contributed by atoms with E-state index in [9.17, 15) is 4.79 Å². The summed E-state index contributed by atoms with van der Waals surface area (Å²) in [4.78, 5) is 13.6. The topological polar surface area (TPSA) is 49.0 Å². The lowest BCUT2D eigenvalue weighted by Crippen LogP contribution is -2.26. The van der Waals surface area contributed by atoms with Gasteiger partial charge in [-0.25, -0.2) is 4.79 Å². The predicted octanol–water partition coefficient (Wildman–Crippen LogP) is 2.55. The average molecular weight is 241 g/mol. The molecule has 0 unspecified atom stereocenters. The summed E-state index contributed by atoms with van der Waals surface area (Å²) in [7, 11) is 3.43. The molecule has 2 aromatic rings. The number of hydrogen-bond acceptors (Lipinski definition) is 2. The van der Waals surface area contributed by atoms with E-state index in [4.69, 9.17) is 5.26 Å². The van der Waals surface area contributed by atoms with Gasteiger partial charge in [0.05, 0.1) is 18.0 Å². The van der Waals surface area contributed by atoms with Crippen LogP contribution in [0.1, 0.15) is 11.1 Å². The molecule has 0 saturated carbocycles. The van der Waals surface area contributed by atoms with Crippen LogP contribution in [-0.4, -0.2) is 29.6 Å². The number of amides is 1. The van der Waals surface area contributed by atoms with E-state index in [0.29, 0.717) is 6.42 Å². The van der Waals surface area contributed by atoms with E-state index in [2.05, 4.69) is 6.07 Å². The molecule has 0 atom stereocenters. The number of carbonyl (C=O) groups is 1. The van der Waals surface area contributed by atoms with E-state index in [0.717, 1.165) is 22.0 Å². The molecule has 4 heteroatoms. The number of nitrogens with zero attached hydrogens (tertiary/aromatic N) is 3. The van der Waals surface area contributed by atoms with E-state index in [1.165, 1.54) is 4.90 Å². The first-order chi connectivity index (χ1) is 8.56. The third-order valence-electron chi connectivity index (χ3n) is 2.97. The molecular formula is C14H15N3O. The highest BCUT2D eigenvalue weighted by molar-refractivity contribution is 5.95. The third kappa shape index (κ3) is 1.84.